The number of carbonyl (C=O) groups excluding carboxylic acids is 2. The number of hydrogen-bond donors (Lipinski definition) is 2. The first-order chi connectivity index (χ1) is 9.45. The van der Waals surface area contributed by atoms with Crippen molar-refractivity contribution >= 4 is 17.8 Å². The van der Waals surface area contributed by atoms with E-state index >= 15 is 0 Å². The lowest BCUT2D eigenvalue weighted by Gasteiger charge is -2.21. The third-order valence-corrected chi connectivity index (χ3v) is 2.77. The topological polar surface area (TPSA) is 101 Å². The van der Waals surface area contributed by atoms with E-state index in [1.807, 2.05) is 6.92 Å². The van der Waals surface area contributed by atoms with Gasteiger partial charge in [-0.2, -0.15) is 0 Å². The second-order valence-corrected chi connectivity index (χ2v) is 4.43. The average Bonchev–Trinajstić information content (AvgIpc) is 2.42. The van der Waals surface area contributed by atoms with Gasteiger partial charge in [-0.25, -0.2) is 4.79 Å². The van der Waals surface area contributed by atoms with Crippen LogP contribution in [-0.2, 0) is 4.79 Å². The molecule has 0 spiro atoms. The summed E-state index contributed by atoms with van der Waals surface area (Å²) in [6.45, 7) is 2.21. The molecule has 0 aliphatic heterocycles. The van der Waals surface area contributed by atoms with E-state index in [9.17, 15) is 14.4 Å². The van der Waals surface area contributed by atoms with Crippen molar-refractivity contribution < 1.29 is 19.5 Å². The maximum Gasteiger partial charge on any atom is 0.335 e. The summed E-state index contributed by atoms with van der Waals surface area (Å²) in [5, 5.41) is 8.92. The summed E-state index contributed by atoms with van der Waals surface area (Å²) in [4.78, 5) is 35.5. The Labute approximate surface area is 117 Å². The maximum atomic E-state index is 12.3. The maximum absolute atomic E-state index is 12.3. The molecule has 3 N–H and O–H groups in total. The van der Waals surface area contributed by atoms with E-state index in [0.717, 1.165) is 12.8 Å². The quantitative estimate of drug-likeness (QED) is 0.780. The number of benzene rings is 1. The van der Waals surface area contributed by atoms with E-state index in [1.54, 1.807) is 0 Å². The van der Waals surface area contributed by atoms with Crippen LogP contribution in [0.15, 0.2) is 24.3 Å². The fraction of sp³-hybridized carbons (Fsp3) is 0.357. The Balaban J connectivity index is 2.95. The summed E-state index contributed by atoms with van der Waals surface area (Å²) in [7, 11) is 0. The van der Waals surface area contributed by atoms with Crippen LogP contribution in [-0.4, -0.2) is 40.9 Å². The van der Waals surface area contributed by atoms with Gasteiger partial charge >= 0.3 is 5.97 Å². The first-order valence-corrected chi connectivity index (χ1v) is 6.36. The molecule has 0 saturated heterocycles. The largest absolute Gasteiger partial charge is 0.478 e. The summed E-state index contributed by atoms with van der Waals surface area (Å²) < 4.78 is 0. The normalized spacial score (nSPS) is 10.1. The van der Waals surface area contributed by atoms with Gasteiger partial charge < -0.3 is 15.7 Å². The minimum absolute atomic E-state index is 0.0327. The molecule has 1 aromatic carbocycles. The van der Waals surface area contributed by atoms with Crippen molar-refractivity contribution in [1.29, 1.82) is 0 Å². The predicted molar refractivity (Wildman–Crippen MR) is 73.4 cm³/mol. The fourth-order valence-electron chi connectivity index (χ4n) is 1.76. The number of primary amides is 1. The van der Waals surface area contributed by atoms with Crippen molar-refractivity contribution in [1.82, 2.24) is 4.90 Å². The second-order valence-electron chi connectivity index (χ2n) is 4.43. The highest BCUT2D eigenvalue weighted by molar-refractivity contribution is 5.98. The molecule has 0 aliphatic rings. The first kappa shape index (κ1) is 15.7. The Kier molecular flexibility index (Phi) is 5.71. The van der Waals surface area contributed by atoms with Crippen LogP contribution in [0.5, 0.6) is 0 Å². The van der Waals surface area contributed by atoms with Crippen LogP contribution in [0.25, 0.3) is 0 Å². The lowest BCUT2D eigenvalue weighted by Crippen LogP contribution is -2.39. The number of carboxylic acids is 1. The minimum Gasteiger partial charge on any atom is -0.478 e. The van der Waals surface area contributed by atoms with Crippen molar-refractivity contribution in [2.24, 2.45) is 5.73 Å². The third kappa shape index (κ3) is 4.38. The zero-order valence-electron chi connectivity index (χ0n) is 11.3. The molecule has 0 fully saturated rings. The number of rotatable bonds is 7. The summed E-state index contributed by atoms with van der Waals surface area (Å²) in [6, 6.07) is 5.72. The predicted octanol–water partition coefficient (Wildman–Crippen LogP) is 1.11. The molecule has 20 heavy (non-hydrogen) atoms. The molecule has 0 aromatic heterocycles. The second kappa shape index (κ2) is 7.28. The van der Waals surface area contributed by atoms with Crippen LogP contribution >= 0.6 is 0 Å². The van der Waals surface area contributed by atoms with Crippen LogP contribution < -0.4 is 5.73 Å². The molecule has 2 amide bonds. The number of aromatic carboxylic acids is 1. The molecule has 0 unspecified atom stereocenters. The van der Waals surface area contributed by atoms with Crippen LogP contribution in [0.4, 0.5) is 0 Å². The molecule has 6 heteroatoms. The van der Waals surface area contributed by atoms with Gasteiger partial charge in [0.15, 0.2) is 0 Å². The molecule has 0 heterocycles. The molecule has 6 nitrogen and oxygen atoms in total. The van der Waals surface area contributed by atoms with Crippen LogP contribution in [0.1, 0.15) is 40.5 Å². The van der Waals surface area contributed by atoms with E-state index in [4.69, 9.17) is 10.8 Å². The monoisotopic (exact) mass is 278 g/mol. The van der Waals surface area contributed by atoms with Gasteiger partial charge in [0.25, 0.3) is 5.91 Å². The lowest BCUT2D eigenvalue weighted by molar-refractivity contribution is -0.118. The number of carboxylic acid groups (broad SMARTS) is 1. The molecule has 1 rings (SSSR count). The highest BCUT2D eigenvalue weighted by atomic mass is 16.4. The van der Waals surface area contributed by atoms with E-state index in [1.165, 1.54) is 29.2 Å². The number of nitrogens with two attached hydrogens (primary N) is 1. The van der Waals surface area contributed by atoms with Gasteiger partial charge in [-0.1, -0.05) is 19.4 Å². The zero-order valence-corrected chi connectivity index (χ0v) is 11.3. The fourth-order valence-corrected chi connectivity index (χ4v) is 1.76. The number of amides is 2. The van der Waals surface area contributed by atoms with Crippen molar-refractivity contribution in [3.63, 3.8) is 0 Å². The number of hydrogen-bond acceptors (Lipinski definition) is 3. The molecule has 1 aromatic rings. The number of carbonyl (C=O) groups is 3. The Morgan fingerprint density at radius 3 is 2.45 bits per heavy atom. The summed E-state index contributed by atoms with van der Waals surface area (Å²) in [6.07, 6.45) is 1.62. The third-order valence-electron chi connectivity index (χ3n) is 2.77. The van der Waals surface area contributed by atoms with E-state index in [-0.39, 0.29) is 23.6 Å². The van der Waals surface area contributed by atoms with Crippen LogP contribution in [0.2, 0.25) is 0 Å². The number of unbranched alkanes of at least 4 members (excludes halogenated alkanes) is 1. The Bertz CT molecular complexity index is 514. The Morgan fingerprint density at radius 2 is 1.90 bits per heavy atom. The lowest BCUT2D eigenvalue weighted by atomic mass is 10.1. The van der Waals surface area contributed by atoms with Gasteiger partial charge in [-0.15, -0.1) is 0 Å². The summed E-state index contributed by atoms with van der Waals surface area (Å²) in [5.74, 6) is -2.08. The summed E-state index contributed by atoms with van der Waals surface area (Å²) in [5.41, 5.74) is 5.40. The van der Waals surface area contributed by atoms with Gasteiger partial charge in [-0.3, -0.25) is 9.59 Å². The van der Waals surface area contributed by atoms with E-state index in [0.29, 0.717) is 6.54 Å². The van der Waals surface area contributed by atoms with Crippen molar-refractivity contribution in [3.8, 4) is 0 Å². The minimum atomic E-state index is -1.10. The Hall–Kier alpha value is -2.37. The van der Waals surface area contributed by atoms with Crippen molar-refractivity contribution in [2.45, 2.75) is 19.8 Å². The van der Waals surface area contributed by atoms with E-state index in [2.05, 4.69) is 0 Å². The van der Waals surface area contributed by atoms with Gasteiger partial charge in [0.2, 0.25) is 5.91 Å². The smallest absolute Gasteiger partial charge is 0.335 e. The number of nitrogens with zero attached hydrogens (tertiary/aromatic N) is 1. The van der Waals surface area contributed by atoms with Crippen molar-refractivity contribution in [2.75, 3.05) is 13.1 Å². The van der Waals surface area contributed by atoms with Gasteiger partial charge in [0, 0.05) is 12.1 Å². The molecule has 0 aliphatic carbocycles. The van der Waals surface area contributed by atoms with Gasteiger partial charge in [0.1, 0.15) is 0 Å². The molecule has 0 saturated carbocycles. The summed E-state index contributed by atoms with van der Waals surface area (Å²) >= 11 is 0. The zero-order chi connectivity index (χ0) is 15.1. The van der Waals surface area contributed by atoms with Gasteiger partial charge in [0.05, 0.1) is 12.1 Å². The molecule has 0 atom stereocenters. The first-order valence-electron chi connectivity index (χ1n) is 6.36. The highest BCUT2D eigenvalue weighted by Crippen LogP contribution is 2.09. The molecular weight excluding hydrogens is 260 g/mol. The van der Waals surface area contributed by atoms with Crippen LogP contribution in [0.3, 0.4) is 0 Å². The van der Waals surface area contributed by atoms with E-state index < -0.39 is 11.9 Å². The standard InChI is InChI=1S/C14H18N2O4/c1-2-3-7-16(9-12(15)17)13(18)10-5-4-6-11(8-10)14(19)20/h4-6,8H,2-3,7,9H2,1H3,(H2,15,17)(H,19,20). The molecule has 0 radical (unpaired) electrons. The van der Waals surface area contributed by atoms with Gasteiger partial charge in [-0.05, 0) is 24.6 Å². The van der Waals surface area contributed by atoms with Crippen LogP contribution in [0, 0.1) is 0 Å². The highest BCUT2D eigenvalue weighted by Gasteiger charge is 2.18. The molecule has 108 valence electrons. The van der Waals surface area contributed by atoms with Crippen molar-refractivity contribution in [3.05, 3.63) is 35.4 Å². The average molecular weight is 278 g/mol. The molecule has 0 bridgehead atoms. The SMILES string of the molecule is CCCCN(CC(N)=O)C(=O)c1cccc(C(=O)O)c1. The molecular formula is C14H18N2O4. The Morgan fingerprint density at radius 1 is 1.25 bits per heavy atom.